The van der Waals surface area contributed by atoms with E-state index < -0.39 is 0 Å². The number of nitrogens with zero attached hydrogens (tertiary/aromatic N) is 1. The third-order valence-electron chi connectivity index (χ3n) is 3.28. The number of rotatable bonds is 2. The van der Waals surface area contributed by atoms with Gasteiger partial charge in [0.2, 0.25) is 0 Å². The van der Waals surface area contributed by atoms with Crippen LogP contribution in [0.15, 0.2) is 24.3 Å². The van der Waals surface area contributed by atoms with Crippen LogP contribution in [0.4, 0.5) is 10.5 Å². The highest BCUT2D eigenvalue weighted by molar-refractivity contribution is 5.91. The fourth-order valence-corrected chi connectivity index (χ4v) is 2.10. The molecule has 0 radical (unpaired) electrons. The Balaban J connectivity index is 1.98. The van der Waals surface area contributed by atoms with E-state index in [0.717, 1.165) is 0 Å². The van der Waals surface area contributed by atoms with Gasteiger partial charge in [0.15, 0.2) is 0 Å². The van der Waals surface area contributed by atoms with Gasteiger partial charge in [-0.3, -0.25) is 4.79 Å². The van der Waals surface area contributed by atoms with E-state index in [-0.39, 0.29) is 17.7 Å². The summed E-state index contributed by atoms with van der Waals surface area (Å²) in [6.45, 7) is 2.82. The van der Waals surface area contributed by atoms with Crippen molar-refractivity contribution < 1.29 is 14.3 Å². The Morgan fingerprint density at radius 2 is 2.26 bits per heavy atom. The van der Waals surface area contributed by atoms with Crippen molar-refractivity contribution in [2.24, 2.45) is 5.92 Å². The quantitative estimate of drug-likeness (QED) is 0.888. The standard InChI is InChI=1S/C14H18N2O3/c1-10-9-16(7-6-13(10)17)14(18)15-11-4-3-5-12(8-11)19-2/h3-5,8,10H,6-7,9H2,1-2H3,(H,15,18). The number of ether oxygens (including phenoxy) is 1. The molecule has 0 saturated carbocycles. The monoisotopic (exact) mass is 262 g/mol. The number of Topliss-reactive ketones (excluding diaryl/α,β-unsaturated/α-hetero) is 1. The van der Waals surface area contributed by atoms with E-state index in [0.29, 0.717) is 30.9 Å². The number of hydrogen-bond donors (Lipinski definition) is 1. The first-order valence-electron chi connectivity index (χ1n) is 6.33. The van der Waals surface area contributed by atoms with Gasteiger partial charge >= 0.3 is 6.03 Å². The molecule has 0 aliphatic carbocycles. The van der Waals surface area contributed by atoms with E-state index in [1.165, 1.54) is 0 Å². The molecule has 0 spiro atoms. The molecular weight excluding hydrogens is 244 g/mol. The average Bonchev–Trinajstić information content (AvgIpc) is 2.42. The molecule has 1 atom stereocenters. The summed E-state index contributed by atoms with van der Waals surface area (Å²) in [5.74, 6) is 0.843. The molecule has 1 fully saturated rings. The summed E-state index contributed by atoms with van der Waals surface area (Å²) >= 11 is 0. The maximum absolute atomic E-state index is 12.1. The number of hydrogen-bond acceptors (Lipinski definition) is 3. The molecule has 2 amide bonds. The number of urea groups is 1. The zero-order chi connectivity index (χ0) is 13.8. The number of methoxy groups -OCH3 is 1. The molecule has 19 heavy (non-hydrogen) atoms. The Kier molecular flexibility index (Phi) is 4.04. The second kappa shape index (κ2) is 5.73. The molecule has 1 aromatic carbocycles. The van der Waals surface area contributed by atoms with E-state index in [1.807, 2.05) is 19.1 Å². The van der Waals surface area contributed by atoms with Crippen LogP contribution in [0.2, 0.25) is 0 Å². The largest absolute Gasteiger partial charge is 0.497 e. The second-order valence-electron chi connectivity index (χ2n) is 4.73. The fraction of sp³-hybridized carbons (Fsp3) is 0.429. The molecule has 0 aromatic heterocycles. The van der Waals surface area contributed by atoms with Crippen LogP contribution in [0.5, 0.6) is 5.75 Å². The van der Waals surface area contributed by atoms with Gasteiger partial charge in [-0.15, -0.1) is 0 Å². The van der Waals surface area contributed by atoms with Crippen LogP contribution >= 0.6 is 0 Å². The number of ketones is 1. The minimum Gasteiger partial charge on any atom is -0.497 e. The number of amides is 2. The highest BCUT2D eigenvalue weighted by atomic mass is 16.5. The third-order valence-corrected chi connectivity index (χ3v) is 3.28. The van der Waals surface area contributed by atoms with Crippen LogP contribution in [0.3, 0.4) is 0 Å². The molecule has 1 aromatic rings. The van der Waals surface area contributed by atoms with Crippen LogP contribution in [0.1, 0.15) is 13.3 Å². The summed E-state index contributed by atoms with van der Waals surface area (Å²) in [4.78, 5) is 25.2. The second-order valence-corrected chi connectivity index (χ2v) is 4.73. The van der Waals surface area contributed by atoms with Crippen molar-refractivity contribution in [3.05, 3.63) is 24.3 Å². The lowest BCUT2D eigenvalue weighted by atomic mass is 9.99. The number of likely N-dealkylation sites (tertiary alicyclic amines) is 1. The molecule has 102 valence electrons. The summed E-state index contributed by atoms with van der Waals surface area (Å²) in [5.41, 5.74) is 0.689. The van der Waals surface area contributed by atoms with Crippen molar-refractivity contribution in [1.29, 1.82) is 0 Å². The molecule has 5 nitrogen and oxygen atoms in total. The van der Waals surface area contributed by atoms with Crippen LogP contribution in [0.25, 0.3) is 0 Å². The van der Waals surface area contributed by atoms with Gasteiger partial charge in [-0.1, -0.05) is 13.0 Å². The molecule has 1 N–H and O–H groups in total. The van der Waals surface area contributed by atoms with Crippen LogP contribution in [-0.2, 0) is 4.79 Å². The van der Waals surface area contributed by atoms with Gasteiger partial charge in [0.25, 0.3) is 0 Å². The number of carbonyl (C=O) groups excluding carboxylic acids is 2. The Bertz CT molecular complexity index is 487. The summed E-state index contributed by atoms with van der Waals surface area (Å²) < 4.78 is 5.10. The SMILES string of the molecule is COc1cccc(NC(=O)N2CCC(=O)C(C)C2)c1. The molecule has 1 aliphatic rings. The molecule has 5 heteroatoms. The van der Waals surface area contributed by atoms with Crippen molar-refractivity contribution in [1.82, 2.24) is 4.90 Å². The Morgan fingerprint density at radius 1 is 1.47 bits per heavy atom. The lowest BCUT2D eigenvalue weighted by Crippen LogP contribution is -2.45. The normalized spacial score (nSPS) is 19.2. The minimum absolute atomic E-state index is 0.0789. The number of piperidine rings is 1. The van der Waals surface area contributed by atoms with E-state index >= 15 is 0 Å². The molecule has 1 saturated heterocycles. The van der Waals surface area contributed by atoms with Gasteiger partial charge in [0, 0.05) is 37.2 Å². The van der Waals surface area contributed by atoms with Gasteiger partial charge in [0.05, 0.1) is 7.11 Å². The lowest BCUT2D eigenvalue weighted by molar-refractivity contribution is -0.124. The highest BCUT2D eigenvalue weighted by Crippen LogP contribution is 2.18. The summed E-state index contributed by atoms with van der Waals surface area (Å²) in [5, 5.41) is 2.82. The zero-order valence-electron chi connectivity index (χ0n) is 11.2. The van der Waals surface area contributed by atoms with Crippen molar-refractivity contribution in [3.8, 4) is 5.75 Å². The maximum Gasteiger partial charge on any atom is 0.321 e. The van der Waals surface area contributed by atoms with Gasteiger partial charge in [0.1, 0.15) is 11.5 Å². The Labute approximate surface area is 112 Å². The van der Waals surface area contributed by atoms with E-state index in [1.54, 1.807) is 24.1 Å². The topological polar surface area (TPSA) is 58.6 Å². The van der Waals surface area contributed by atoms with Crippen molar-refractivity contribution in [3.63, 3.8) is 0 Å². The van der Waals surface area contributed by atoms with E-state index in [4.69, 9.17) is 4.74 Å². The van der Waals surface area contributed by atoms with Gasteiger partial charge in [-0.05, 0) is 12.1 Å². The molecule has 2 rings (SSSR count). The highest BCUT2D eigenvalue weighted by Gasteiger charge is 2.26. The van der Waals surface area contributed by atoms with Crippen molar-refractivity contribution >= 4 is 17.5 Å². The van der Waals surface area contributed by atoms with Crippen molar-refractivity contribution in [2.75, 3.05) is 25.5 Å². The van der Waals surface area contributed by atoms with Gasteiger partial charge in [-0.2, -0.15) is 0 Å². The fourth-order valence-electron chi connectivity index (χ4n) is 2.10. The smallest absolute Gasteiger partial charge is 0.321 e. The maximum atomic E-state index is 12.1. The zero-order valence-corrected chi connectivity index (χ0v) is 11.2. The van der Waals surface area contributed by atoms with Crippen LogP contribution in [0, 0.1) is 5.92 Å². The molecule has 1 heterocycles. The predicted octanol–water partition coefficient (Wildman–Crippen LogP) is 2.14. The summed E-state index contributed by atoms with van der Waals surface area (Å²) in [6, 6.07) is 7.02. The molecule has 1 aliphatic heterocycles. The van der Waals surface area contributed by atoms with Crippen LogP contribution < -0.4 is 10.1 Å². The first-order valence-corrected chi connectivity index (χ1v) is 6.33. The van der Waals surface area contributed by atoms with Gasteiger partial charge < -0.3 is 15.0 Å². The first kappa shape index (κ1) is 13.4. The number of nitrogens with one attached hydrogen (secondary N) is 1. The molecular formula is C14H18N2O3. The predicted molar refractivity (Wildman–Crippen MR) is 72.4 cm³/mol. The van der Waals surface area contributed by atoms with Gasteiger partial charge in [-0.25, -0.2) is 4.79 Å². The lowest BCUT2D eigenvalue weighted by Gasteiger charge is -2.30. The molecule has 1 unspecified atom stereocenters. The number of anilines is 1. The van der Waals surface area contributed by atoms with Crippen molar-refractivity contribution in [2.45, 2.75) is 13.3 Å². The number of carbonyl (C=O) groups is 2. The van der Waals surface area contributed by atoms with E-state index in [9.17, 15) is 9.59 Å². The van der Waals surface area contributed by atoms with E-state index in [2.05, 4.69) is 5.32 Å². The summed E-state index contributed by atoms with van der Waals surface area (Å²) in [7, 11) is 1.58. The average molecular weight is 262 g/mol. The minimum atomic E-state index is -0.174. The Hall–Kier alpha value is -2.04. The number of benzene rings is 1. The molecule has 0 bridgehead atoms. The third kappa shape index (κ3) is 3.24. The van der Waals surface area contributed by atoms with Crippen LogP contribution in [-0.4, -0.2) is 36.9 Å². The Morgan fingerprint density at radius 3 is 2.95 bits per heavy atom. The summed E-state index contributed by atoms with van der Waals surface area (Å²) in [6.07, 6.45) is 0.437. The first-order chi connectivity index (χ1) is 9.10.